The van der Waals surface area contributed by atoms with Crippen molar-refractivity contribution in [2.45, 2.75) is 19.3 Å². The number of methoxy groups -OCH3 is 2. The molecule has 0 atom stereocenters. The van der Waals surface area contributed by atoms with Gasteiger partial charge in [0.25, 0.3) is 0 Å². The fraction of sp³-hybridized carbons (Fsp3) is 0.357. The van der Waals surface area contributed by atoms with E-state index in [-0.39, 0.29) is 5.43 Å². The molecule has 1 aliphatic carbocycles. The van der Waals surface area contributed by atoms with E-state index in [1.165, 1.54) is 7.11 Å². The van der Waals surface area contributed by atoms with Gasteiger partial charge in [-0.2, -0.15) is 0 Å². The van der Waals surface area contributed by atoms with Crippen molar-refractivity contribution in [2.75, 3.05) is 14.2 Å². The van der Waals surface area contributed by atoms with Crippen LogP contribution < -0.4 is 14.9 Å². The molecule has 0 saturated carbocycles. The Bertz CT molecular complexity index is 721. The van der Waals surface area contributed by atoms with Gasteiger partial charge < -0.3 is 14.5 Å². The molecule has 0 fully saturated rings. The molecule has 3 rings (SSSR count). The molecule has 5 heteroatoms. The Morgan fingerprint density at radius 3 is 2.63 bits per heavy atom. The van der Waals surface area contributed by atoms with E-state index in [0.29, 0.717) is 27.4 Å². The minimum absolute atomic E-state index is 0.0107. The molecule has 19 heavy (non-hydrogen) atoms. The van der Waals surface area contributed by atoms with E-state index < -0.39 is 0 Å². The Hall–Kier alpha value is -1.68. The summed E-state index contributed by atoms with van der Waals surface area (Å²) >= 11 is 6.28. The summed E-state index contributed by atoms with van der Waals surface area (Å²) in [6.07, 6.45) is 2.69. The number of hydrogen-bond donors (Lipinski definition) is 1. The lowest BCUT2D eigenvalue weighted by Crippen LogP contribution is -2.12. The van der Waals surface area contributed by atoms with Crippen LogP contribution in [0.15, 0.2) is 10.9 Å². The second-order valence-corrected chi connectivity index (χ2v) is 4.99. The molecular formula is C14H14ClNO3. The van der Waals surface area contributed by atoms with E-state index in [1.807, 2.05) is 0 Å². The molecule has 1 aromatic carbocycles. The number of fused-ring (bicyclic) bond motifs is 2. The van der Waals surface area contributed by atoms with E-state index in [1.54, 1.807) is 13.2 Å². The summed E-state index contributed by atoms with van der Waals surface area (Å²) in [5, 5.41) is 0.799. The first-order valence-corrected chi connectivity index (χ1v) is 6.53. The molecule has 1 N–H and O–H groups in total. The molecule has 1 heterocycles. The van der Waals surface area contributed by atoms with E-state index in [2.05, 4.69) is 4.98 Å². The van der Waals surface area contributed by atoms with Crippen LogP contribution in [0.2, 0.25) is 5.02 Å². The zero-order chi connectivity index (χ0) is 13.6. The second-order valence-electron chi connectivity index (χ2n) is 4.61. The van der Waals surface area contributed by atoms with E-state index in [4.69, 9.17) is 21.1 Å². The van der Waals surface area contributed by atoms with Crippen molar-refractivity contribution >= 4 is 22.5 Å². The van der Waals surface area contributed by atoms with Crippen LogP contribution in [-0.4, -0.2) is 19.2 Å². The number of pyridine rings is 1. The van der Waals surface area contributed by atoms with Crippen LogP contribution in [0.1, 0.15) is 17.7 Å². The highest BCUT2D eigenvalue weighted by Crippen LogP contribution is 2.37. The fourth-order valence-electron chi connectivity index (χ4n) is 2.69. The number of aryl methyl sites for hydroxylation is 1. The van der Waals surface area contributed by atoms with E-state index in [0.717, 1.165) is 30.5 Å². The highest BCUT2D eigenvalue weighted by molar-refractivity contribution is 6.37. The lowest BCUT2D eigenvalue weighted by Gasteiger charge is -2.12. The molecule has 0 aliphatic heterocycles. The van der Waals surface area contributed by atoms with Crippen molar-refractivity contribution in [3.05, 3.63) is 32.6 Å². The van der Waals surface area contributed by atoms with E-state index >= 15 is 0 Å². The first-order chi connectivity index (χ1) is 9.17. The highest BCUT2D eigenvalue weighted by Gasteiger charge is 2.22. The Kier molecular flexibility index (Phi) is 2.90. The number of benzene rings is 1. The van der Waals surface area contributed by atoms with Crippen molar-refractivity contribution in [1.29, 1.82) is 0 Å². The third-order valence-electron chi connectivity index (χ3n) is 3.63. The summed E-state index contributed by atoms with van der Waals surface area (Å²) in [5.74, 6) is 1.03. The number of aromatic nitrogens is 1. The number of hydrogen-bond acceptors (Lipinski definition) is 3. The summed E-state index contributed by atoms with van der Waals surface area (Å²) in [4.78, 5) is 15.9. The van der Waals surface area contributed by atoms with Gasteiger partial charge >= 0.3 is 0 Å². The second kappa shape index (κ2) is 4.46. The van der Waals surface area contributed by atoms with Crippen molar-refractivity contribution in [3.63, 3.8) is 0 Å². The third kappa shape index (κ3) is 1.70. The monoisotopic (exact) mass is 279 g/mol. The first kappa shape index (κ1) is 12.4. The van der Waals surface area contributed by atoms with Gasteiger partial charge in [-0.3, -0.25) is 4.79 Å². The van der Waals surface area contributed by atoms with Gasteiger partial charge in [-0.25, -0.2) is 0 Å². The zero-order valence-electron chi connectivity index (χ0n) is 10.8. The molecule has 0 amide bonds. The minimum Gasteiger partial charge on any atom is -0.495 e. The Labute approximate surface area is 115 Å². The molecule has 1 aliphatic rings. The molecule has 100 valence electrons. The van der Waals surface area contributed by atoms with Gasteiger partial charge in [0.05, 0.1) is 30.1 Å². The topological polar surface area (TPSA) is 51.3 Å². The smallest absolute Gasteiger partial charge is 0.194 e. The number of rotatable bonds is 2. The number of nitrogens with one attached hydrogen (secondary N) is 1. The Morgan fingerprint density at radius 2 is 1.95 bits per heavy atom. The van der Waals surface area contributed by atoms with Crippen LogP contribution in [0.3, 0.4) is 0 Å². The van der Waals surface area contributed by atoms with Gasteiger partial charge in [0.2, 0.25) is 0 Å². The summed E-state index contributed by atoms with van der Waals surface area (Å²) in [6, 6.07) is 1.70. The lowest BCUT2D eigenvalue weighted by molar-refractivity contribution is 0.397. The molecule has 0 radical (unpaired) electrons. The quantitative estimate of drug-likeness (QED) is 0.919. The van der Waals surface area contributed by atoms with Gasteiger partial charge in [0.1, 0.15) is 11.5 Å². The Morgan fingerprint density at radius 1 is 1.21 bits per heavy atom. The summed E-state index contributed by atoms with van der Waals surface area (Å²) in [5.41, 5.74) is 2.48. The molecule has 0 bridgehead atoms. The van der Waals surface area contributed by atoms with Gasteiger partial charge in [0, 0.05) is 17.3 Å². The fourth-order valence-corrected chi connectivity index (χ4v) is 3.00. The summed E-state index contributed by atoms with van der Waals surface area (Å²) in [7, 11) is 3.09. The molecular weight excluding hydrogens is 266 g/mol. The summed E-state index contributed by atoms with van der Waals surface area (Å²) < 4.78 is 10.5. The third-order valence-corrected chi connectivity index (χ3v) is 4.00. The van der Waals surface area contributed by atoms with Crippen LogP contribution >= 0.6 is 11.6 Å². The number of ether oxygens (including phenoxy) is 2. The maximum atomic E-state index is 12.6. The number of aromatic amines is 1. The average Bonchev–Trinajstić information content (AvgIpc) is 2.88. The van der Waals surface area contributed by atoms with Crippen molar-refractivity contribution in [1.82, 2.24) is 4.98 Å². The van der Waals surface area contributed by atoms with Gasteiger partial charge in [-0.05, 0) is 19.3 Å². The molecule has 4 nitrogen and oxygen atoms in total. The maximum absolute atomic E-state index is 12.6. The Balaban J connectivity index is 2.49. The predicted octanol–water partition coefficient (Wildman–Crippen LogP) is 2.69. The van der Waals surface area contributed by atoms with E-state index in [9.17, 15) is 4.79 Å². The number of halogens is 1. The zero-order valence-corrected chi connectivity index (χ0v) is 11.6. The predicted molar refractivity (Wildman–Crippen MR) is 74.7 cm³/mol. The van der Waals surface area contributed by atoms with Gasteiger partial charge in [-0.1, -0.05) is 11.6 Å². The molecule has 1 aromatic heterocycles. The van der Waals surface area contributed by atoms with Gasteiger partial charge in [0.15, 0.2) is 5.43 Å². The van der Waals surface area contributed by atoms with Crippen LogP contribution in [-0.2, 0) is 12.8 Å². The van der Waals surface area contributed by atoms with Gasteiger partial charge in [-0.15, -0.1) is 0 Å². The number of H-pyrrole nitrogens is 1. The molecule has 0 unspecified atom stereocenters. The SMILES string of the molecule is COc1cc(OC)c2[nH]c3c(c(=O)c2c1Cl)CCC3. The van der Waals surface area contributed by atoms with Crippen LogP contribution in [0, 0.1) is 0 Å². The normalized spacial score (nSPS) is 13.6. The lowest BCUT2D eigenvalue weighted by atomic mass is 10.1. The summed E-state index contributed by atoms with van der Waals surface area (Å²) in [6.45, 7) is 0. The molecule has 0 spiro atoms. The molecule has 0 saturated heterocycles. The van der Waals surface area contributed by atoms with Crippen LogP contribution in [0.4, 0.5) is 0 Å². The van der Waals surface area contributed by atoms with Crippen LogP contribution in [0.25, 0.3) is 10.9 Å². The first-order valence-electron chi connectivity index (χ1n) is 6.15. The van der Waals surface area contributed by atoms with Crippen LogP contribution in [0.5, 0.6) is 11.5 Å². The van der Waals surface area contributed by atoms with Crippen molar-refractivity contribution in [2.24, 2.45) is 0 Å². The molecule has 2 aromatic rings. The largest absolute Gasteiger partial charge is 0.495 e. The van der Waals surface area contributed by atoms with Crippen molar-refractivity contribution in [3.8, 4) is 11.5 Å². The average molecular weight is 280 g/mol. The standard InChI is InChI=1S/C14H14ClNO3/c1-18-9-6-10(19-2)13-11(12(9)15)14(17)7-4-3-5-8(7)16-13/h6H,3-5H2,1-2H3,(H,16,17). The van der Waals surface area contributed by atoms with Crippen molar-refractivity contribution < 1.29 is 9.47 Å². The highest BCUT2D eigenvalue weighted by atomic mass is 35.5. The maximum Gasteiger partial charge on any atom is 0.194 e. The minimum atomic E-state index is -0.0107.